The second-order valence-corrected chi connectivity index (χ2v) is 5.30. The predicted molar refractivity (Wildman–Crippen MR) is 79.4 cm³/mol. The number of aromatic carboxylic acids is 1. The Morgan fingerprint density at radius 2 is 2.05 bits per heavy atom. The Hall–Kier alpha value is -2.27. The highest BCUT2D eigenvalue weighted by Crippen LogP contribution is 2.25. The van der Waals surface area contributed by atoms with Crippen molar-refractivity contribution in [2.45, 2.75) is 19.3 Å². The fraction of sp³-hybridized carbons (Fsp3) is 0.312. The number of nitrogens with zero attached hydrogens (tertiary/aromatic N) is 2. The van der Waals surface area contributed by atoms with Crippen LogP contribution in [0.5, 0.6) is 0 Å². The van der Waals surface area contributed by atoms with Gasteiger partial charge in [-0.15, -0.1) is 0 Å². The minimum atomic E-state index is -0.918. The number of carbonyl (C=O) groups is 1. The van der Waals surface area contributed by atoms with Crippen molar-refractivity contribution >= 4 is 5.97 Å². The smallest absolute Gasteiger partial charge is 0.335 e. The van der Waals surface area contributed by atoms with Crippen LogP contribution in [-0.4, -0.2) is 34.1 Å². The summed E-state index contributed by atoms with van der Waals surface area (Å²) in [6.45, 7) is 3.87. The van der Waals surface area contributed by atoms with Gasteiger partial charge in [-0.2, -0.15) is 0 Å². The zero-order valence-electron chi connectivity index (χ0n) is 11.8. The van der Waals surface area contributed by atoms with E-state index in [4.69, 9.17) is 5.11 Å². The fourth-order valence-electron chi connectivity index (χ4n) is 2.64. The van der Waals surface area contributed by atoms with Crippen LogP contribution in [0.4, 0.5) is 0 Å². The molecule has 0 spiro atoms. The van der Waals surface area contributed by atoms with Gasteiger partial charge in [-0.3, -0.25) is 0 Å². The van der Waals surface area contributed by atoms with Crippen LogP contribution in [0.3, 0.4) is 0 Å². The Balaban J connectivity index is 1.95. The lowest BCUT2D eigenvalue weighted by Gasteiger charge is -2.11. The van der Waals surface area contributed by atoms with Gasteiger partial charge in [-0.25, -0.2) is 14.8 Å². The van der Waals surface area contributed by atoms with Crippen LogP contribution in [0.2, 0.25) is 0 Å². The zero-order chi connectivity index (χ0) is 14.8. The molecule has 2 N–H and O–H groups in total. The van der Waals surface area contributed by atoms with Gasteiger partial charge < -0.3 is 10.4 Å². The van der Waals surface area contributed by atoms with Crippen LogP contribution in [0, 0.1) is 6.92 Å². The second kappa shape index (κ2) is 5.61. The van der Waals surface area contributed by atoms with E-state index in [9.17, 15) is 4.79 Å². The van der Waals surface area contributed by atoms with E-state index in [2.05, 4.69) is 15.3 Å². The van der Waals surface area contributed by atoms with E-state index in [1.807, 2.05) is 13.0 Å². The van der Waals surface area contributed by atoms with Crippen molar-refractivity contribution in [2.75, 3.05) is 13.1 Å². The van der Waals surface area contributed by atoms with Gasteiger partial charge in [-0.1, -0.05) is 12.1 Å². The molecule has 3 rings (SSSR count). The standard InChI is InChI=1S/C16H17N3O2/c1-10-18-14(8-15(19-10)13-6-7-17-9-13)11-2-4-12(5-3-11)16(20)21/h2-5,8,13,17H,6-7,9H2,1H3,(H,20,21)/t13-/m0/s1. The van der Waals surface area contributed by atoms with Crippen LogP contribution >= 0.6 is 0 Å². The molecule has 5 heteroatoms. The number of benzene rings is 1. The summed E-state index contributed by atoms with van der Waals surface area (Å²) in [4.78, 5) is 19.9. The zero-order valence-corrected chi connectivity index (χ0v) is 11.8. The maximum atomic E-state index is 10.9. The minimum Gasteiger partial charge on any atom is -0.478 e. The molecule has 0 amide bonds. The number of rotatable bonds is 3. The van der Waals surface area contributed by atoms with Crippen molar-refractivity contribution < 1.29 is 9.90 Å². The third-order valence-electron chi connectivity index (χ3n) is 3.76. The summed E-state index contributed by atoms with van der Waals surface area (Å²) in [5.74, 6) is 0.263. The molecule has 108 valence electrons. The van der Waals surface area contributed by atoms with E-state index < -0.39 is 5.97 Å². The summed E-state index contributed by atoms with van der Waals surface area (Å²) in [7, 11) is 0. The van der Waals surface area contributed by atoms with Gasteiger partial charge >= 0.3 is 5.97 Å². The molecule has 1 aliphatic heterocycles. The summed E-state index contributed by atoms with van der Waals surface area (Å²) < 4.78 is 0. The Morgan fingerprint density at radius 1 is 1.29 bits per heavy atom. The van der Waals surface area contributed by atoms with E-state index in [1.165, 1.54) is 0 Å². The fourth-order valence-corrected chi connectivity index (χ4v) is 2.64. The van der Waals surface area contributed by atoms with E-state index in [-0.39, 0.29) is 5.56 Å². The molecule has 0 saturated carbocycles. The molecule has 0 aliphatic carbocycles. The number of carboxylic acids is 1. The maximum absolute atomic E-state index is 10.9. The first-order valence-electron chi connectivity index (χ1n) is 7.03. The molecule has 1 fully saturated rings. The van der Waals surface area contributed by atoms with Crippen LogP contribution in [-0.2, 0) is 0 Å². The highest BCUT2D eigenvalue weighted by molar-refractivity contribution is 5.88. The average molecular weight is 283 g/mol. The number of hydrogen-bond donors (Lipinski definition) is 2. The normalized spacial score (nSPS) is 17.9. The topological polar surface area (TPSA) is 75.1 Å². The molecule has 2 heterocycles. The van der Waals surface area contributed by atoms with Crippen molar-refractivity contribution in [1.82, 2.24) is 15.3 Å². The van der Waals surface area contributed by atoms with Crippen LogP contribution < -0.4 is 5.32 Å². The number of nitrogens with one attached hydrogen (secondary N) is 1. The number of carboxylic acid groups (broad SMARTS) is 1. The summed E-state index contributed by atoms with van der Waals surface area (Å²) in [6.07, 6.45) is 1.09. The van der Waals surface area contributed by atoms with E-state index >= 15 is 0 Å². The van der Waals surface area contributed by atoms with Crippen LogP contribution in [0.25, 0.3) is 11.3 Å². The summed E-state index contributed by atoms with van der Waals surface area (Å²) in [5.41, 5.74) is 3.11. The highest BCUT2D eigenvalue weighted by atomic mass is 16.4. The Bertz CT molecular complexity index is 662. The average Bonchev–Trinajstić information content (AvgIpc) is 3.01. The molecular formula is C16H17N3O2. The lowest BCUT2D eigenvalue weighted by molar-refractivity contribution is 0.0697. The molecule has 2 aromatic rings. The molecule has 0 radical (unpaired) electrons. The Kier molecular flexibility index (Phi) is 3.66. The number of aromatic nitrogens is 2. The van der Waals surface area contributed by atoms with Crippen molar-refractivity contribution in [1.29, 1.82) is 0 Å². The van der Waals surface area contributed by atoms with Gasteiger partial charge in [-0.05, 0) is 38.1 Å². The Morgan fingerprint density at radius 3 is 2.67 bits per heavy atom. The first-order valence-corrected chi connectivity index (χ1v) is 7.03. The van der Waals surface area contributed by atoms with Crippen molar-refractivity contribution in [3.63, 3.8) is 0 Å². The first kappa shape index (κ1) is 13.7. The second-order valence-electron chi connectivity index (χ2n) is 5.30. The van der Waals surface area contributed by atoms with Gasteiger partial charge in [0.15, 0.2) is 0 Å². The maximum Gasteiger partial charge on any atom is 0.335 e. The molecule has 5 nitrogen and oxygen atoms in total. The van der Waals surface area contributed by atoms with Crippen molar-refractivity contribution in [3.05, 3.63) is 47.4 Å². The molecule has 21 heavy (non-hydrogen) atoms. The predicted octanol–water partition coefficient (Wildman–Crippen LogP) is 2.23. The molecule has 1 aromatic heterocycles. The quantitative estimate of drug-likeness (QED) is 0.903. The largest absolute Gasteiger partial charge is 0.478 e. The molecule has 1 aliphatic rings. The summed E-state index contributed by atoms with van der Waals surface area (Å²) in [6, 6.07) is 8.81. The summed E-state index contributed by atoms with van der Waals surface area (Å²) in [5, 5.41) is 12.3. The van der Waals surface area contributed by atoms with Crippen molar-refractivity contribution in [3.8, 4) is 11.3 Å². The van der Waals surface area contributed by atoms with Crippen LogP contribution in [0.15, 0.2) is 30.3 Å². The van der Waals surface area contributed by atoms with Gasteiger partial charge in [0.05, 0.1) is 11.3 Å². The highest BCUT2D eigenvalue weighted by Gasteiger charge is 2.19. The lowest BCUT2D eigenvalue weighted by Crippen LogP contribution is -2.10. The monoisotopic (exact) mass is 283 g/mol. The number of hydrogen-bond acceptors (Lipinski definition) is 4. The van der Waals surface area contributed by atoms with Gasteiger partial charge in [0.25, 0.3) is 0 Å². The Labute approximate surface area is 123 Å². The van der Waals surface area contributed by atoms with Gasteiger partial charge in [0, 0.05) is 23.7 Å². The summed E-state index contributed by atoms with van der Waals surface area (Å²) >= 11 is 0. The minimum absolute atomic E-state index is 0.282. The SMILES string of the molecule is Cc1nc(-c2ccc(C(=O)O)cc2)cc([C@H]2CCNC2)n1. The molecule has 1 aromatic carbocycles. The first-order chi connectivity index (χ1) is 10.1. The van der Waals surface area contributed by atoms with Crippen LogP contribution in [0.1, 0.15) is 34.2 Å². The third-order valence-corrected chi connectivity index (χ3v) is 3.76. The van der Waals surface area contributed by atoms with E-state index in [1.54, 1.807) is 24.3 Å². The third kappa shape index (κ3) is 2.92. The van der Waals surface area contributed by atoms with Gasteiger partial charge in [0.1, 0.15) is 5.82 Å². The molecule has 0 bridgehead atoms. The molecule has 0 unspecified atom stereocenters. The molecule has 1 saturated heterocycles. The number of aryl methyl sites for hydroxylation is 1. The molecular weight excluding hydrogens is 266 g/mol. The molecule has 1 atom stereocenters. The lowest BCUT2D eigenvalue weighted by atomic mass is 10.0. The van der Waals surface area contributed by atoms with E-state index in [0.717, 1.165) is 42.3 Å². The van der Waals surface area contributed by atoms with Gasteiger partial charge in [0.2, 0.25) is 0 Å². The van der Waals surface area contributed by atoms with E-state index in [0.29, 0.717) is 5.92 Å². The van der Waals surface area contributed by atoms with Crippen molar-refractivity contribution in [2.24, 2.45) is 0 Å².